The molecule has 0 spiro atoms. The van der Waals surface area contributed by atoms with E-state index in [0.717, 1.165) is 19.3 Å². The van der Waals surface area contributed by atoms with Gasteiger partial charge < -0.3 is 5.11 Å². The van der Waals surface area contributed by atoms with Gasteiger partial charge in [-0.2, -0.15) is 0 Å². The minimum atomic E-state index is -3.20. The van der Waals surface area contributed by atoms with E-state index in [2.05, 4.69) is 0 Å². The molecule has 0 saturated heterocycles. The lowest BCUT2D eigenvalue weighted by Crippen LogP contribution is -2.08. The molecule has 16 heavy (non-hydrogen) atoms. The number of hydrogen-bond acceptors (Lipinski definition) is 3. The van der Waals surface area contributed by atoms with Crippen molar-refractivity contribution < 1.29 is 13.5 Å². The first-order chi connectivity index (χ1) is 7.63. The van der Waals surface area contributed by atoms with Crippen molar-refractivity contribution in [2.75, 3.05) is 12.4 Å². The molecule has 0 radical (unpaired) electrons. The summed E-state index contributed by atoms with van der Waals surface area (Å²) in [5.41, 5.74) is 2.45. The molecular weight excluding hydrogens is 224 g/mol. The number of aryl methyl sites for hydroxylation is 2. The first-order valence-electron chi connectivity index (χ1n) is 5.59. The van der Waals surface area contributed by atoms with E-state index in [1.807, 2.05) is 6.07 Å². The van der Waals surface area contributed by atoms with Crippen molar-refractivity contribution in [3.05, 3.63) is 29.3 Å². The normalized spacial score (nSPS) is 15.1. The molecule has 0 saturated carbocycles. The SMILES string of the molecule is O=S(=O)(CCCO)c1ccc2c(c1)CCC2. The Kier molecular flexibility index (Phi) is 3.30. The first kappa shape index (κ1) is 11.6. The lowest BCUT2D eigenvalue weighted by Gasteiger charge is -2.06. The monoisotopic (exact) mass is 240 g/mol. The van der Waals surface area contributed by atoms with Gasteiger partial charge in [-0.05, 0) is 48.9 Å². The maximum Gasteiger partial charge on any atom is 0.178 e. The van der Waals surface area contributed by atoms with Crippen LogP contribution in [0, 0.1) is 0 Å². The number of fused-ring (bicyclic) bond motifs is 1. The average molecular weight is 240 g/mol. The molecule has 1 N–H and O–H groups in total. The van der Waals surface area contributed by atoms with Crippen LogP contribution in [0.3, 0.4) is 0 Å². The number of aliphatic hydroxyl groups is 1. The lowest BCUT2D eigenvalue weighted by atomic mass is 10.1. The first-order valence-corrected chi connectivity index (χ1v) is 7.24. The molecule has 3 nitrogen and oxygen atoms in total. The molecule has 0 bridgehead atoms. The highest BCUT2D eigenvalue weighted by atomic mass is 32.2. The van der Waals surface area contributed by atoms with Crippen LogP contribution in [-0.2, 0) is 22.7 Å². The minimum absolute atomic E-state index is 0.0300. The average Bonchev–Trinajstić information content (AvgIpc) is 2.73. The molecule has 1 aromatic carbocycles. The van der Waals surface area contributed by atoms with E-state index < -0.39 is 9.84 Å². The topological polar surface area (TPSA) is 54.4 Å². The standard InChI is InChI=1S/C12H16O3S/c13-7-2-8-16(14,15)12-6-5-10-3-1-4-11(10)9-12/h5-6,9,13H,1-4,7-8H2. The summed E-state index contributed by atoms with van der Waals surface area (Å²) in [7, 11) is -3.20. The van der Waals surface area contributed by atoms with Crippen LogP contribution in [0.2, 0.25) is 0 Å². The molecule has 88 valence electrons. The Morgan fingerprint density at radius 3 is 2.69 bits per heavy atom. The highest BCUT2D eigenvalue weighted by Gasteiger charge is 2.17. The molecule has 4 heteroatoms. The molecule has 0 aromatic heterocycles. The molecule has 0 amide bonds. The molecule has 0 unspecified atom stereocenters. The summed E-state index contributed by atoms with van der Waals surface area (Å²) in [6.45, 7) is -0.0792. The Balaban J connectivity index is 2.27. The molecular formula is C12H16O3S. The van der Waals surface area contributed by atoms with Gasteiger partial charge in [-0.1, -0.05) is 6.07 Å². The summed E-state index contributed by atoms with van der Waals surface area (Å²) in [5, 5.41) is 8.67. The largest absolute Gasteiger partial charge is 0.396 e. The van der Waals surface area contributed by atoms with Crippen LogP contribution in [0.1, 0.15) is 24.0 Å². The number of benzene rings is 1. The second kappa shape index (κ2) is 4.55. The summed E-state index contributed by atoms with van der Waals surface area (Å²) in [6, 6.07) is 5.42. The van der Waals surface area contributed by atoms with Crippen molar-refractivity contribution in [3.8, 4) is 0 Å². The van der Waals surface area contributed by atoms with E-state index in [9.17, 15) is 8.42 Å². The van der Waals surface area contributed by atoms with Crippen molar-refractivity contribution in [1.29, 1.82) is 0 Å². The molecule has 1 aliphatic carbocycles. The predicted molar refractivity (Wildman–Crippen MR) is 62.2 cm³/mol. The zero-order valence-corrected chi connectivity index (χ0v) is 9.96. The Hall–Kier alpha value is -0.870. The third-order valence-electron chi connectivity index (χ3n) is 3.00. The van der Waals surface area contributed by atoms with Gasteiger partial charge in [-0.3, -0.25) is 0 Å². The van der Waals surface area contributed by atoms with Gasteiger partial charge in [0.1, 0.15) is 0 Å². The van der Waals surface area contributed by atoms with Crippen LogP contribution in [0.25, 0.3) is 0 Å². The van der Waals surface area contributed by atoms with Crippen molar-refractivity contribution in [2.24, 2.45) is 0 Å². The van der Waals surface area contributed by atoms with Crippen LogP contribution in [0.4, 0.5) is 0 Å². The van der Waals surface area contributed by atoms with Crippen LogP contribution in [0.5, 0.6) is 0 Å². The maximum atomic E-state index is 11.9. The third kappa shape index (κ3) is 2.28. The fourth-order valence-electron chi connectivity index (χ4n) is 2.11. The highest BCUT2D eigenvalue weighted by Crippen LogP contribution is 2.25. The maximum absolute atomic E-state index is 11.9. The van der Waals surface area contributed by atoms with Crippen LogP contribution < -0.4 is 0 Å². The van der Waals surface area contributed by atoms with Gasteiger partial charge in [-0.15, -0.1) is 0 Å². The van der Waals surface area contributed by atoms with Gasteiger partial charge >= 0.3 is 0 Å². The van der Waals surface area contributed by atoms with Gasteiger partial charge in [-0.25, -0.2) is 8.42 Å². The van der Waals surface area contributed by atoms with Gasteiger partial charge in [0, 0.05) is 6.61 Å². The summed E-state index contributed by atoms with van der Waals surface area (Å²) in [5.74, 6) is 0.0300. The second-order valence-electron chi connectivity index (χ2n) is 4.18. The molecule has 2 rings (SSSR count). The van der Waals surface area contributed by atoms with Gasteiger partial charge in [0.15, 0.2) is 9.84 Å². The summed E-state index contributed by atoms with van der Waals surface area (Å²) >= 11 is 0. The second-order valence-corrected chi connectivity index (χ2v) is 6.29. The molecule has 0 fully saturated rings. The number of aliphatic hydroxyl groups excluding tert-OH is 1. The summed E-state index contributed by atoms with van der Waals surface area (Å²) in [4.78, 5) is 0.404. The van der Waals surface area contributed by atoms with Gasteiger partial charge in [0.2, 0.25) is 0 Å². The van der Waals surface area contributed by atoms with Crippen molar-refractivity contribution in [1.82, 2.24) is 0 Å². The fraction of sp³-hybridized carbons (Fsp3) is 0.500. The van der Waals surface area contributed by atoms with Crippen LogP contribution in [-0.4, -0.2) is 25.9 Å². The molecule has 1 aliphatic rings. The van der Waals surface area contributed by atoms with E-state index >= 15 is 0 Å². The van der Waals surface area contributed by atoms with Crippen LogP contribution >= 0.6 is 0 Å². The number of hydrogen-bond donors (Lipinski definition) is 1. The Bertz CT molecular complexity index is 477. The highest BCUT2D eigenvalue weighted by molar-refractivity contribution is 7.91. The van der Waals surface area contributed by atoms with Crippen LogP contribution in [0.15, 0.2) is 23.1 Å². The number of sulfone groups is 1. The van der Waals surface area contributed by atoms with E-state index in [-0.39, 0.29) is 12.4 Å². The zero-order valence-electron chi connectivity index (χ0n) is 9.15. The van der Waals surface area contributed by atoms with Gasteiger partial charge in [0.05, 0.1) is 10.6 Å². The lowest BCUT2D eigenvalue weighted by molar-refractivity contribution is 0.295. The Labute approximate surface area is 96.0 Å². The minimum Gasteiger partial charge on any atom is -0.396 e. The molecule has 0 heterocycles. The predicted octanol–water partition coefficient (Wildman–Crippen LogP) is 1.33. The molecule has 1 aromatic rings. The van der Waals surface area contributed by atoms with E-state index in [0.29, 0.717) is 11.3 Å². The number of rotatable bonds is 4. The fourth-order valence-corrected chi connectivity index (χ4v) is 3.46. The van der Waals surface area contributed by atoms with Crippen molar-refractivity contribution >= 4 is 9.84 Å². The van der Waals surface area contributed by atoms with Crippen molar-refractivity contribution in [3.63, 3.8) is 0 Å². The van der Waals surface area contributed by atoms with Crippen molar-refractivity contribution in [2.45, 2.75) is 30.6 Å². The third-order valence-corrected chi connectivity index (χ3v) is 4.80. The van der Waals surface area contributed by atoms with E-state index in [1.54, 1.807) is 12.1 Å². The summed E-state index contributed by atoms with van der Waals surface area (Å²) < 4.78 is 23.8. The Morgan fingerprint density at radius 2 is 1.94 bits per heavy atom. The van der Waals surface area contributed by atoms with E-state index in [4.69, 9.17) is 5.11 Å². The quantitative estimate of drug-likeness (QED) is 0.864. The smallest absolute Gasteiger partial charge is 0.178 e. The Morgan fingerprint density at radius 1 is 1.19 bits per heavy atom. The molecule has 0 aliphatic heterocycles. The zero-order chi connectivity index (χ0) is 11.6. The van der Waals surface area contributed by atoms with E-state index in [1.165, 1.54) is 11.1 Å². The van der Waals surface area contributed by atoms with Gasteiger partial charge in [0.25, 0.3) is 0 Å². The molecule has 0 atom stereocenters. The summed E-state index contributed by atoms with van der Waals surface area (Å²) in [6.07, 6.45) is 3.47.